The highest BCUT2D eigenvalue weighted by molar-refractivity contribution is 7.13. The highest BCUT2D eigenvalue weighted by Gasteiger charge is 2.10. The van der Waals surface area contributed by atoms with Gasteiger partial charge in [-0.2, -0.15) is 0 Å². The fraction of sp³-hybridized carbons (Fsp3) is 0.238. The maximum atomic E-state index is 6.08. The van der Waals surface area contributed by atoms with Gasteiger partial charge in [-0.05, 0) is 51.2 Å². The molecule has 0 amide bonds. The Balaban J connectivity index is 1.82. The summed E-state index contributed by atoms with van der Waals surface area (Å²) in [6.45, 7) is 2.98. The molecule has 140 valence electrons. The molecule has 0 saturated heterocycles. The van der Waals surface area contributed by atoms with Crippen molar-refractivity contribution >= 4 is 28.4 Å². The number of rotatable bonds is 8. The van der Waals surface area contributed by atoms with Crippen LogP contribution in [0.2, 0.25) is 0 Å². The smallest absolute Gasteiger partial charge is 0.188 e. The number of nitrogens with one attached hydrogen (secondary N) is 1. The Morgan fingerprint density at radius 2 is 2.04 bits per heavy atom. The number of aryl methyl sites for hydroxylation is 1. The van der Waals surface area contributed by atoms with Gasteiger partial charge in [0.1, 0.15) is 5.75 Å². The molecule has 0 fully saturated rings. The van der Waals surface area contributed by atoms with Crippen molar-refractivity contribution in [2.24, 2.45) is 0 Å². The Bertz CT molecular complexity index is 890. The van der Waals surface area contributed by atoms with Crippen LogP contribution in [0.1, 0.15) is 17.7 Å². The molecule has 0 bridgehead atoms. The summed E-state index contributed by atoms with van der Waals surface area (Å²) < 4.78 is 6.08. The number of nitrogens with zero attached hydrogens (tertiary/aromatic N) is 3. The molecular formula is C21H24N4OS. The van der Waals surface area contributed by atoms with Gasteiger partial charge in [-0.15, -0.1) is 11.3 Å². The molecule has 0 aliphatic rings. The number of pyridine rings is 1. The zero-order valence-corrected chi connectivity index (χ0v) is 16.7. The first kappa shape index (κ1) is 19.1. The van der Waals surface area contributed by atoms with Crippen molar-refractivity contribution in [1.82, 2.24) is 14.9 Å². The second-order valence-corrected chi connectivity index (χ2v) is 7.30. The van der Waals surface area contributed by atoms with Gasteiger partial charge in [0.05, 0.1) is 5.69 Å². The van der Waals surface area contributed by atoms with E-state index in [0.29, 0.717) is 11.6 Å². The first-order valence-electron chi connectivity index (χ1n) is 8.83. The van der Waals surface area contributed by atoms with E-state index in [2.05, 4.69) is 46.4 Å². The van der Waals surface area contributed by atoms with E-state index in [4.69, 9.17) is 4.74 Å². The lowest BCUT2D eigenvalue weighted by Gasteiger charge is -2.12. The number of aromatic nitrogens is 2. The summed E-state index contributed by atoms with van der Waals surface area (Å²) in [5.74, 6) is 2.09. The fourth-order valence-electron chi connectivity index (χ4n) is 2.40. The van der Waals surface area contributed by atoms with Crippen molar-refractivity contribution in [2.75, 3.05) is 26.0 Å². The van der Waals surface area contributed by atoms with Crippen LogP contribution in [0.25, 0.3) is 6.08 Å². The predicted molar refractivity (Wildman–Crippen MR) is 113 cm³/mol. The molecule has 3 rings (SSSR count). The number of hydrogen-bond acceptors (Lipinski definition) is 6. The summed E-state index contributed by atoms with van der Waals surface area (Å²) in [7, 11) is 4.14. The van der Waals surface area contributed by atoms with Crippen LogP contribution in [-0.2, 0) is 0 Å². The summed E-state index contributed by atoms with van der Waals surface area (Å²) in [5, 5.41) is 6.06. The van der Waals surface area contributed by atoms with E-state index < -0.39 is 0 Å². The first-order chi connectivity index (χ1) is 13.1. The van der Waals surface area contributed by atoms with Crippen molar-refractivity contribution in [3.8, 4) is 11.5 Å². The lowest BCUT2D eigenvalue weighted by molar-refractivity contribution is 0.417. The van der Waals surface area contributed by atoms with E-state index in [1.54, 1.807) is 11.3 Å². The maximum Gasteiger partial charge on any atom is 0.188 e. The van der Waals surface area contributed by atoms with E-state index >= 15 is 0 Å². The molecule has 0 spiro atoms. The summed E-state index contributed by atoms with van der Waals surface area (Å²) in [5.41, 5.74) is 1.98. The molecule has 6 heteroatoms. The molecular weight excluding hydrogens is 356 g/mol. The van der Waals surface area contributed by atoms with Gasteiger partial charge in [0.15, 0.2) is 16.7 Å². The standard InChI is InChI=1S/C21H24N4OS/c1-16-15-27-21(23-16)24-20-19(26-18-10-5-4-6-11-18)13-17(14-22-20)9-7-8-12-25(2)3/h4-7,9-11,13-15H,8,12H2,1-3H3,(H,22,23,24)/b9-7+. The van der Waals surface area contributed by atoms with E-state index in [9.17, 15) is 0 Å². The van der Waals surface area contributed by atoms with Crippen molar-refractivity contribution in [3.05, 3.63) is 65.3 Å². The molecule has 27 heavy (non-hydrogen) atoms. The van der Waals surface area contributed by atoms with Crippen LogP contribution in [-0.4, -0.2) is 35.5 Å². The molecule has 1 N–H and O–H groups in total. The van der Waals surface area contributed by atoms with Crippen molar-refractivity contribution in [1.29, 1.82) is 0 Å². The normalized spacial score (nSPS) is 11.3. The summed E-state index contributed by atoms with van der Waals surface area (Å²) >= 11 is 1.55. The van der Waals surface area contributed by atoms with E-state index in [0.717, 1.165) is 35.1 Å². The van der Waals surface area contributed by atoms with Gasteiger partial charge in [0, 0.05) is 18.1 Å². The molecule has 0 aliphatic heterocycles. The predicted octanol–water partition coefficient (Wildman–Crippen LogP) is 5.35. The minimum atomic E-state index is 0.652. The third kappa shape index (κ3) is 5.91. The highest BCUT2D eigenvalue weighted by atomic mass is 32.1. The Hall–Kier alpha value is -2.70. The molecule has 2 aromatic heterocycles. The molecule has 0 saturated carbocycles. The molecule has 5 nitrogen and oxygen atoms in total. The second-order valence-electron chi connectivity index (χ2n) is 6.44. The van der Waals surface area contributed by atoms with Gasteiger partial charge in [-0.25, -0.2) is 9.97 Å². The molecule has 3 aromatic rings. The minimum Gasteiger partial charge on any atom is -0.453 e. The van der Waals surface area contributed by atoms with Gasteiger partial charge >= 0.3 is 0 Å². The summed E-state index contributed by atoms with van der Waals surface area (Å²) in [4.78, 5) is 11.2. The lowest BCUT2D eigenvalue weighted by Crippen LogP contribution is -2.11. The van der Waals surface area contributed by atoms with Crippen molar-refractivity contribution in [3.63, 3.8) is 0 Å². The Labute approximate surface area is 164 Å². The van der Waals surface area contributed by atoms with Crippen molar-refractivity contribution in [2.45, 2.75) is 13.3 Å². The lowest BCUT2D eigenvalue weighted by atomic mass is 10.2. The second kappa shape index (κ2) is 9.30. The van der Waals surface area contributed by atoms with Gasteiger partial charge in [0.25, 0.3) is 0 Å². The molecule has 0 aliphatic carbocycles. The number of benzene rings is 1. The zero-order valence-electron chi connectivity index (χ0n) is 15.8. The summed E-state index contributed by atoms with van der Waals surface area (Å²) in [6.07, 6.45) is 7.05. The highest BCUT2D eigenvalue weighted by Crippen LogP contribution is 2.32. The minimum absolute atomic E-state index is 0.652. The molecule has 0 radical (unpaired) electrons. The Morgan fingerprint density at radius 1 is 1.22 bits per heavy atom. The van der Waals surface area contributed by atoms with Crippen LogP contribution in [0, 0.1) is 6.92 Å². The quantitative estimate of drug-likeness (QED) is 0.571. The van der Waals surface area contributed by atoms with Gasteiger partial charge in [0.2, 0.25) is 0 Å². The summed E-state index contributed by atoms with van der Waals surface area (Å²) in [6, 6.07) is 11.7. The largest absolute Gasteiger partial charge is 0.453 e. The molecule has 0 atom stereocenters. The average molecular weight is 381 g/mol. The van der Waals surface area contributed by atoms with Crippen LogP contribution in [0.5, 0.6) is 11.5 Å². The Morgan fingerprint density at radius 3 is 2.74 bits per heavy atom. The van der Waals surface area contributed by atoms with E-state index in [-0.39, 0.29) is 0 Å². The fourth-order valence-corrected chi connectivity index (χ4v) is 3.09. The van der Waals surface area contributed by atoms with Crippen LogP contribution in [0.4, 0.5) is 10.9 Å². The van der Waals surface area contributed by atoms with E-state index in [1.165, 1.54) is 0 Å². The molecule has 0 unspecified atom stereocenters. The number of thiazole rings is 1. The average Bonchev–Trinajstić information content (AvgIpc) is 3.06. The number of ether oxygens (including phenoxy) is 1. The van der Waals surface area contributed by atoms with Crippen LogP contribution in [0.15, 0.2) is 54.1 Å². The zero-order chi connectivity index (χ0) is 19.1. The third-order valence-corrected chi connectivity index (χ3v) is 4.62. The molecule has 2 heterocycles. The van der Waals surface area contributed by atoms with Crippen molar-refractivity contribution < 1.29 is 4.74 Å². The number of para-hydroxylation sites is 1. The monoisotopic (exact) mass is 380 g/mol. The van der Waals surface area contributed by atoms with Gasteiger partial charge in [-0.3, -0.25) is 0 Å². The number of hydrogen-bond donors (Lipinski definition) is 1. The molecule has 1 aromatic carbocycles. The van der Waals surface area contributed by atoms with Gasteiger partial charge in [-0.1, -0.05) is 30.4 Å². The number of anilines is 2. The van der Waals surface area contributed by atoms with Gasteiger partial charge < -0.3 is 15.0 Å². The topological polar surface area (TPSA) is 50.3 Å². The maximum absolute atomic E-state index is 6.08. The SMILES string of the molecule is Cc1csc(Nc2ncc(/C=C/CCN(C)C)cc2Oc2ccccc2)n1. The van der Waals surface area contributed by atoms with Crippen LogP contribution >= 0.6 is 11.3 Å². The van der Waals surface area contributed by atoms with Crippen LogP contribution in [0.3, 0.4) is 0 Å². The van der Waals surface area contributed by atoms with E-state index in [1.807, 2.05) is 54.9 Å². The Kier molecular flexibility index (Phi) is 6.57. The third-order valence-electron chi connectivity index (χ3n) is 3.74. The van der Waals surface area contributed by atoms with Crippen LogP contribution < -0.4 is 10.1 Å². The first-order valence-corrected chi connectivity index (χ1v) is 9.71.